The normalized spacial score (nSPS) is 10.5. The highest BCUT2D eigenvalue weighted by atomic mass is 16.6. The number of carbonyl (C=O) groups excluding carboxylic acids is 2. The number of ether oxygens (including phenoxy) is 3. The molecule has 9 nitrogen and oxygen atoms in total. The highest BCUT2D eigenvalue weighted by molar-refractivity contribution is 5.91. The first-order chi connectivity index (χ1) is 16.0. The predicted molar refractivity (Wildman–Crippen MR) is 119 cm³/mol. The van der Waals surface area contributed by atoms with Crippen LogP contribution < -0.4 is 9.47 Å². The lowest BCUT2D eigenvalue weighted by Crippen LogP contribution is -2.10. The van der Waals surface area contributed by atoms with E-state index in [1.165, 1.54) is 10.9 Å². The number of esters is 2. The van der Waals surface area contributed by atoms with Gasteiger partial charge in [0.25, 0.3) is 0 Å². The lowest BCUT2D eigenvalue weighted by atomic mass is 10.2. The summed E-state index contributed by atoms with van der Waals surface area (Å²) in [7, 11) is 0. The number of phenolic OH excluding ortho intramolecular Hbond substituents is 1. The third kappa shape index (κ3) is 5.16. The molecule has 3 aromatic carbocycles. The van der Waals surface area contributed by atoms with E-state index >= 15 is 0 Å². The van der Waals surface area contributed by atoms with E-state index in [4.69, 9.17) is 14.2 Å². The van der Waals surface area contributed by atoms with Crippen LogP contribution in [0.25, 0.3) is 16.7 Å². The van der Waals surface area contributed by atoms with Crippen LogP contribution in [0.1, 0.15) is 10.4 Å². The van der Waals surface area contributed by atoms with Crippen molar-refractivity contribution < 1.29 is 28.9 Å². The second-order valence-electron chi connectivity index (χ2n) is 6.77. The molecule has 0 unspecified atom stereocenters. The van der Waals surface area contributed by atoms with E-state index in [0.29, 0.717) is 28.0 Å². The summed E-state index contributed by atoms with van der Waals surface area (Å²) in [5.74, 6) is -0.490. The summed E-state index contributed by atoms with van der Waals surface area (Å²) in [4.78, 5) is 24.5. The van der Waals surface area contributed by atoms with E-state index in [2.05, 4.69) is 16.8 Å². The Morgan fingerprint density at radius 1 is 0.939 bits per heavy atom. The van der Waals surface area contributed by atoms with Crippen LogP contribution >= 0.6 is 0 Å². The van der Waals surface area contributed by atoms with Gasteiger partial charge in [-0.1, -0.05) is 24.8 Å². The summed E-state index contributed by atoms with van der Waals surface area (Å²) in [5.41, 5.74) is 1.83. The molecule has 1 aromatic heterocycles. The smallest absolute Gasteiger partial charge is 0.343 e. The molecule has 4 rings (SSSR count). The molecule has 4 aromatic rings. The Morgan fingerprint density at radius 3 is 2.45 bits per heavy atom. The number of nitrogens with zero attached hydrogens (tertiary/aromatic N) is 3. The number of aromatic hydroxyl groups is 1. The Kier molecular flexibility index (Phi) is 6.31. The summed E-state index contributed by atoms with van der Waals surface area (Å²) >= 11 is 0. The summed E-state index contributed by atoms with van der Waals surface area (Å²) in [6.07, 6.45) is 1.08. The second kappa shape index (κ2) is 9.65. The van der Waals surface area contributed by atoms with Gasteiger partial charge < -0.3 is 19.3 Å². The molecule has 33 heavy (non-hydrogen) atoms. The molecular formula is C24H19N3O6. The van der Waals surface area contributed by atoms with Crippen LogP contribution in [0.4, 0.5) is 0 Å². The van der Waals surface area contributed by atoms with Gasteiger partial charge in [-0.15, -0.1) is 15.0 Å². The average Bonchev–Trinajstić information content (AvgIpc) is 3.25. The van der Waals surface area contributed by atoms with Crippen molar-refractivity contribution in [1.29, 1.82) is 0 Å². The van der Waals surface area contributed by atoms with Crippen LogP contribution in [0.5, 0.6) is 17.2 Å². The van der Waals surface area contributed by atoms with Crippen molar-refractivity contribution in [3.8, 4) is 22.9 Å². The molecule has 166 valence electrons. The number of rotatable bonds is 8. The average molecular weight is 445 g/mol. The zero-order valence-corrected chi connectivity index (χ0v) is 17.4. The van der Waals surface area contributed by atoms with Crippen LogP contribution in [-0.4, -0.2) is 45.3 Å². The maximum Gasteiger partial charge on any atom is 0.343 e. The third-order valence-electron chi connectivity index (χ3n) is 4.50. The van der Waals surface area contributed by atoms with E-state index in [1.54, 1.807) is 60.7 Å². The number of phenols is 1. The molecule has 0 bridgehead atoms. The number of aromatic nitrogens is 3. The Bertz CT molecular complexity index is 1320. The molecule has 0 atom stereocenters. The number of fused-ring (bicyclic) bond motifs is 1. The van der Waals surface area contributed by atoms with Gasteiger partial charge in [0.2, 0.25) is 0 Å². The van der Waals surface area contributed by atoms with Crippen molar-refractivity contribution in [2.24, 2.45) is 0 Å². The van der Waals surface area contributed by atoms with Crippen molar-refractivity contribution in [3.63, 3.8) is 0 Å². The highest BCUT2D eigenvalue weighted by Crippen LogP contribution is 2.28. The predicted octanol–water partition coefficient (Wildman–Crippen LogP) is 3.45. The van der Waals surface area contributed by atoms with Crippen molar-refractivity contribution >= 4 is 23.0 Å². The van der Waals surface area contributed by atoms with Gasteiger partial charge in [-0.3, -0.25) is 0 Å². The van der Waals surface area contributed by atoms with E-state index in [1.807, 2.05) is 0 Å². The molecule has 0 saturated heterocycles. The van der Waals surface area contributed by atoms with Crippen LogP contribution in [0, 0.1) is 0 Å². The minimum atomic E-state index is -0.530. The van der Waals surface area contributed by atoms with Crippen molar-refractivity contribution in [1.82, 2.24) is 15.0 Å². The summed E-state index contributed by atoms with van der Waals surface area (Å²) in [6, 6.07) is 18.1. The molecule has 9 heteroatoms. The fourth-order valence-electron chi connectivity index (χ4n) is 2.93. The second-order valence-corrected chi connectivity index (χ2v) is 6.77. The van der Waals surface area contributed by atoms with Gasteiger partial charge in [0.15, 0.2) is 0 Å². The Hall–Kier alpha value is -4.66. The molecule has 0 spiro atoms. The SMILES string of the molecule is C=CC(=O)OCCOc1ccc2nn(-c3ccc(OC(=O)c4ccccc4)cc3O)nc2c1. The lowest BCUT2D eigenvalue weighted by molar-refractivity contribution is -0.138. The highest BCUT2D eigenvalue weighted by Gasteiger charge is 2.13. The first-order valence-corrected chi connectivity index (χ1v) is 9.93. The first-order valence-electron chi connectivity index (χ1n) is 9.93. The van der Waals surface area contributed by atoms with Crippen LogP contribution in [-0.2, 0) is 9.53 Å². The molecule has 0 saturated carbocycles. The van der Waals surface area contributed by atoms with Crippen LogP contribution in [0.15, 0.2) is 79.4 Å². The van der Waals surface area contributed by atoms with Gasteiger partial charge in [0.05, 0.1) is 5.56 Å². The standard InChI is InChI=1S/C24H19N3O6/c1-2-23(29)32-13-12-31-17-8-10-19-20(14-17)26-27(25-19)21-11-9-18(15-22(21)28)33-24(30)16-6-4-3-5-7-16/h2-11,14-15,28H,1,12-13H2. The first kappa shape index (κ1) is 21.6. The molecule has 0 radical (unpaired) electrons. The van der Waals surface area contributed by atoms with Crippen molar-refractivity contribution in [3.05, 3.63) is 84.9 Å². The van der Waals surface area contributed by atoms with Gasteiger partial charge in [-0.2, -0.15) is 0 Å². The van der Waals surface area contributed by atoms with Crippen LogP contribution in [0.2, 0.25) is 0 Å². The number of carbonyl (C=O) groups is 2. The van der Waals surface area contributed by atoms with Gasteiger partial charge in [0, 0.05) is 18.2 Å². The fourth-order valence-corrected chi connectivity index (χ4v) is 2.93. The summed E-state index contributed by atoms with van der Waals surface area (Å²) < 4.78 is 15.7. The fraction of sp³-hybridized carbons (Fsp3) is 0.0833. The molecule has 1 N–H and O–H groups in total. The zero-order chi connectivity index (χ0) is 23.2. The van der Waals surface area contributed by atoms with Gasteiger partial charge in [0.1, 0.15) is 47.2 Å². The molecule has 0 aliphatic carbocycles. The quantitative estimate of drug-likeness (QED) is 0.190. The third-order valence-corrected chi connectivity index (χ3v) is 4.50. The summed E-state index contributed by atoms with van der Waals surface area (Å²) in [5, 5.41) is 19.2. The number of hydrogen-bond acceptors (Lipinski definition) is 8. The van der Waals surface area contributed by atoms with E-state index in [9.17, 15) is 14.7 Å². The van der Waals surface area contributed by atoms with E-state index in [-0.39, 0.29) is 24.7 Å². The van der Waals surface area contributed by atoms with Gasteiger partial charge >= 0.3 is 11.9 Å². The number of hydrogen-bond donors (Lipinski definition) is 1. The molecule has 0 aliphatic heterocycles. The molecule has 0 aliphatic rings. The van der Waals surface area contributed by atoms with Crippen molar-refractivity contribution in [2.75, 3.05) is 13.2 Å². The number of benzene rings is 3. The molecule has 1 heterocycles. The minimum absolute atomic E-state index is 0.0879. The van der Waals surface area contributed by atoms with Gasteiger partial charge in [-0.25, -0.2) is 9.59 Å². The Labute approximate surface area is 188 Å². The lowest BCUT2D eigenvalue weighted by Gasteiger charge is -2.07. The molecule has 0 fully saturated rings. The minimum Gasteiger partial charge on any atom is -0.505 e. The van der Waals surface area contributed by atoms with E-state index in [0.717, 1.165) is 6.08 Å². The Balaban J connectivity index is 1.46. The topological polar surface area (TPSA) is 113 Å². The maximum absolute atomic E-state index is 12.2. The van der Waals surface area contributed by atoms with Crippen LogP contribution in [0.3, 0.4) is 0 Å². The molecule has 0 amide bonds. The van der Waals surface area contributed by atoms with E-state index < -0.39 is 11.9 Å². The summed E-state index contributed by atoms with van der Waals surface area (Å²) in [6.45, 7) is 3.58. The van der Waals surface area contributed by atoms with Crippen molar-refractivity contribution in [2.45, 2.75) is 0 Å². The zero-order valence-electron chi connectivity index (χ0n) is 17.4. The monoisotopic (exact) mass is 445 g/mol. The maximum atomic E-state index is 12.2. The van der Waals surface area contributed by atoms with Gasteiger partial charge in [-0.05, 0) is 36.4 Å². The Morgan fingerprint density at radius 2 is 1.70 bits per heavy atom. The molecular weight excluding hydrogens is 426 g/mol. The largest absolute Gasteiger partial charge is 0.505 e.